The van der Waals surface area contributed by atoms with E-state index < -0.39 is 11.9 Å². The van der Waals surface area contributed by atoms with Gasteiger partial charge in [-0.25, -0.2) is 0 Å². The second-order valence-electron chi connectivity index (χ2n) is 4.70. The zero-order valence-corrected chi connectivity index (χ0v) is 10.7. The second kappa shape index (κ2) is 6.33. The topological polar surface area (TPSA) is 69.6 Å². The van der Waals surface area contributed by atoms with Crippen molar-refractivity contribution >= 4 is 11.9 Å². The lowest BCUT2D eigenvalue weighted by Crippen LogP contribution is -2.34. The van der Waals surface area contributed by atoms with Crippen molar-refractivity contribution in [1.29, 1.82) is 0 Å². The maximum Gasteiger partial charge on any atom is 0.312 e. The number of amides is 1. The number of nitrogens with one attached hydrogen (secondary N) is 1. The molecule has 2 N–H and O–H groups in total. The summed E-state index contributed by atoms with van der Waals surface area (Å²) in [6.45, 7) is 2.33. The van der Waals surface area contributed by atoms with E-state index in [1.165, 1.54) is 0 Å². The summed E-state index contributed by atoms with van der Waals surface area (Å²) in [6, 6.07) is 9.23. The molecule has 2 rings (SSSR count). The lowest BCUT2D eigenvalue weighted by atomic mass is 9.98. The molecule has 1 heterocycles. The van der Waals surface area contributed by atoms with E-state index in [9.17, 15) is 14.7 Å². The lowest BCUT2D eigenvalue weighted by Gasteiger charge is -2.23. The number of carbonyl (C=O) groups is 2. The van der Waals surface area contributed by atoms with Gasteiger partial charge < -0.3 is 10.4 Å². The molecule has 0 aromatic heterocycles. The minimum Gasteiger partial charge on any atom is -0.481 e. The first kappa shape index (κ1) is 13.5. The summed E-state index contributed by atoms with van der Waals surface area (Å²) >= 11 is 0. The number of carbonyl (C=O) groups excluding carboxylic acids is 1. The van der Waals surface area contributed by atoms with Crippen molar-refractivity contribution in [3.05, 3.63) is 35.9 Å². The SMILES string of the molecule is O=C1CCN(CC(C(=O)O)c2ccccc2)CCN1. The standard InChI is InChI=1S/C14H18N2O3/c17-13-6-8-16(9-7-15-13)10-12(14(18)19)11-4-2-1-3-5-11/h1-5,12H,6-10H2,(H,15,17)(H,18,19). The van der Waals surface area contributed by atoms with E-state index >= 15 is 0 Å². The Hall–Kier alpha value is -1.88. The predicted molar refractivity (Wildman–Crippen MR) is 70.9 cm³/mol. The summed E-state index contributed by atoms with van der Waals surface area (Å²) in [5.41, 5.74) is 0.804. The van der Waals surface area contributed by atoms with Crippen LogP contribution in [0.15, 0.2) is 30.3 Å². The Balaban J connectivity index is 2.05. The van der Waals surface area contributed by atoms with Gasteiger partial charge in [-0.15, -0.1) is 0 Å². The monoisotopic (exact) mass is 262 g/mol. The molecule has 0 radical (unpaired) electrons. The number of hydrogen-bond donors (Lipinski definition) is 2. The van der Waals surface area contributed by atoms with Crippen LogP contribution in [0, 0.1) is 0 Å². The van der Waals surface area contributed by atoms with Crippen molar-refractivity contribution in [3.8, 4) is 0 Å². The average Bonchev–Trinajstić information content (AvgIpc) is 2.61. The minimum absolute atomic E-state index is 0.0362. The van der Waals surface area contributed by atoms with Gasteiger partial charge in [-0.2, -0.15) is 0 Å². The van der Waals surface area contributed by atoms with Crippen LogP contribution in [-0.4, -0.2) is 48.1 Å². The molecule has 1 fully saturated rings. The summed E-state index contributed by atoms with van der Waals surface area (Å²) in [5.74, 6) is -1.33. The highest BCUT2D eigenvalue weighted by molar-refractivity contribution is 5.77. The normalized spacial score (nSPS) is 18.4. The van der Waals surface area contributed by atoms with E-state index in [1.807, 2.05) is 35.2 Å². The van der Waals surface area contributed by atoms with Crippen LogP contribution in [0.3, 0.4) is 0 Å². The summed E-state index contributed by atoms with van der Waals surface area (Å²) in [5, 5.41) is 12.2. The van der Waals surface area contributed by atoms with Gasteiger partial charge in [-0.1, -0.05) is 30.3 Å². The number of benzene rings is 1. The van der Waals surface area contributed by atoms with Crippen molar-refractivity contribution in [2.75, 3.05) is 26.2 Å². The van der Waals surface area contributed by atoms with Crippen LogP contribution in [0.5, 0.6) is 0 Å². The molecule has 1 amide bonds. The highest BCUT2D eigenvalue weighted by atomic mass is 16.4. The van der Waals surface area contributed by atoms with Crippen LogP contribution < -0.4 is 5.32 Å². The fourth-order valence-corrected chi connectivity index (χ4v) is 2.27. The molecule has 1 unspecified atom stereocenters. The largest absolute Gasteiger partial charge is 0.481 e. The molecule has 1 aliphatic heterocycles. The molecule has 102 valence electrons. The number of rotatable bonds is 4. The van der Waals surface area contributed by atoms with Crippen molar-refractivity contribution in [1.82, 2.24) is 10.2 Å². The van der Waals surface area contributed by atoms with E-state index in [1.54, 1.807) is 0 Å². The average molecular weight is 262 g/mol. The highest BCUT2D eigenvalue weighted by Crippen LogP contribution is 2.17. The van der Waals surface area contributed by atoms with Crippen molar-refractivity contribution < 1.29 is 14.7 Å². The van der Waals surface area contributed by atoms with E-state index in [4.69, 9.17) is 0 Å². The number of nitrogens with zero attached hydrogens (tertiary/aromatic N) is 1. The molecule has 1 aliphatic rings. The molecular formula is C14H18N2O3. The number of carboxylic acids is 1. The molecule has 0 aliphatic carbocycles. The molecule has 1 aromatic carbocycles. The van der Waals surface area contributed by atoms with Gasteiger partial charge >= 0.3 is 5.97 Å². The third kappa shape index (κ3) is 3.79. The Morgan fingerprint density at radius 3 is 2.74 bits per heavy atom. The Bertz CT molecular complexity index is 447. The lowest BCUT2D eigenvalue weighted by molar-refractivity contribution is -0.139. The molecule has 5 nitrogen and oxygen atoms in total. The zero-order chi connectivity index (χ0) is 13.7. The minimum atomic E-state index is -0.824. The first-order valence-electron chi connectivity index (χ1n) is 6.43. The molecule has 5 heteroatoms. The molecular weight excluding hydrogens is 244 g/mol. The number of hydrogen-bond acceptors (Lipinski definition) is 3. The maximum atomic E-state index is 11.4. The molecule has 1 saturated heterocycles. The molecule has 0 spiro atoms. The Morgan fingerprint density at radius 1 is 1.32 bits per heavy atom. The predicted octanol–water partition coefficient (Wildman–Crippen LogP) is 0.677. The third-order valence-corrected chi connectivity index (χ3v) is 3.35. The van der Waals surface area contributed by atoms with E-state index in [0.29, 0.717) is 32.6 Å². The smallest absolute Gasteiger partial charge is 0.312 e. The van der Waals surface area contributed by atoms with Gasteiger partial charge in [0, 0.05) is 32.6 Å². The fraction of sp³-hybridized carbons (Fsp3) is 0.429. The maximum absolute atomic E-state index is 11.4. The van der Waals surface area contributed by atoms with E-state index in [0.717, 1.165) is 5.56 Å². The van der Waals surface area contributed by atoms with Crippen molar-refractivity contribution in [3.63, 3.8) is 0 Å². The van der Waals surface area contributed by atoms with Gasteiger partial charge in [0.1, 0.15) is 0 Å². The van der Waals surface area contributed by atoms with Gasteiger partial charge in [-0.3, -0.25) is 14.5 Å². The molecule has 0 bridgehead atoms. The fourth-order valence-electron chi connectivity index (χ4n) is 2.27. The summed E-state index contributed by atoms with van der Waals surface area (Å²) in [7, 11) is 0. The van der Waals surface area contributed by atoms with Crippen LogP contribution in [0.4, 0.5) is 0 Å². The van der Waals surface area contributed by atoms with Crippen LogP contribution in [0.25, 0.3) is 0 Å². The Morgan fingerprint density at radius 2 is 2.05 bits per heavy atom. The van der Waals surface area contributed by atoms with Crippen molar-refractivity contribution in [2.24, 2.45) is 0 Å². The van der Waals surface area contributed by atoms with Gasteiger partial charge in [0.2, 0.25) is 5.91 Å². The number of aliphatic carboxylic acids is 1. The third-order valence-electron chi connectivity index (χ3n) is 3.35. The van der Waals surface area contributed by atoms with Gasteiger partial charge in [0.25, 0.3) is 0 Å². The van der Waals surface area contributed by atoms with Gasteiger partial charge in [-0.05, 0) is 5.56 Å². The van der Waals surface area contributed by atoms with Gasteiger partial charge in [0.05, 0.1) is 5.92 Å². The van der Waals surface area contributed by atoms with Crippen molar-refractivity contribution in [2.45, 2.75) is 12.3 Å². The van der Waals surface area contributed by atoms with E-state index in [-0.39, 0.29) is 5.91 Å². The summed E-state index contributed by atoms with van der Waals surface area (Å²) in [4.78, 5) is 24.7. The Labute approximate surface area is 112 Å². The molecule has 0 saturated carbocycles. The first-order chi connectivity index (χ1) is 9.16. The van der Waals surface area contributed by atoms with Crippen LogP contribution in [0.1, 0.15) is 17.9 Å². The molecule has 1 atom stereocenters. The number of carboxylic acid groups (broad SMARTS) is 1. The Kier molecular flexibility index (Phi) is 4.52. The first-order valence-corrected chi connectivity index (χ1v) is 6.43. The highest BCUT2D eigenvalue weighted by Gasteiger charge is 2.24. The molecule has 1 aromatic rings. The van der Waals surface area contributed by atoms with Crippen LogP contribution in [-0.2, 0) is 9.59 Å². The van der Waals surface area contributed by atoms with Gasteiger partial charge in [0.15, 0.2) is 0 Å². The van der Waals surface area contributed by atoms with Crippen LogP contribution in [0.2, 0.25) is 0 Å². The quantitative estimate of drug-likeness (QED) is 0.837. The summed E-state index contributed by atoms with van der Waals surface area (Å²) in [6.07, 6.45) is 0.432. The van der Waals surface area contributed by atoms with Crippen LogP contribution >= 0.6 is 0 Å². The zero-order valence-electron chi connectivity index (χ0n) is 10.7. The second-order valence-corrected chi connectivity index (χ2v) is 4.70. The summed E-state index contributed by atoms with van der Waals surface area (Å²) < 4.78 is 0. The van der Waals surface area contributed by atoms with E-state index in [2.05, 4.69) is 5.32 Å². The molecule has 19 heavy (non-hydrogen) atoms.